The van der Waals surface area contributed by atoms with Crippen molar-refractivity contribution in [3.63, 3.8) is 0 Å². The van der Waals surface area contributed by atoms with Crippen LogP contribution in [0.15, 0.2) is 53.4 Å². The molecule has 1 fully saturated rings. The van der Waals surface area contributed by atoms with Gasteiger partial charge in [-0.3, -0.25) is 9.69 Å². The molecule has 168 valence electrons. The van der Waals surface area contributed by atoms with E-state index in [2.05, 4.69) is 26.1 Å². The normalized spacial score (nSPS) is 16.3. The number of rotatable bonds is 6. The summed E-state index contributed by atoms with van der Waals surface area (Å²) >= 11 is 0. The fourth-order valence-corrected chi connectivity index (χ4v) is 4.89. The van der Waals surface area contributed by atoms with Crippen LogP contribution in [0.2, 0.25) is 0 Å². The van der Waals surface area contributed by atoms with E-state index in [1.54, 1.807) is 24.3 Å². The molecule has 1 heterocycles. The molecule has 0 spiro atoms. The van der Waals surface area contributed by atoms with Crippen molar-refractivity contribution >= 4 is 15.9 Å². The highest BCUT2D eigenvalue weighted by Crippen LogP contribution is 2.25. The molecule has 31 heavy (non-hydrogen) atoms. The van der Waals surface area contributed by atoms with E-state index in [1.165, 1.54) is 16.4 Å². The van der Waals surface area contributed by atoms with Crippen LogP contribution in [0.4, 0.5) is 4.39 Å². The second-order valence-electron chi connectivity index (χ2n) is 8.86. The molecule has 1 aliphatic heterocycles. The van der Waals surface area contributed by atoms with E-state index in [0.717, 1.165) is 11.1 Å². The van der Waals surface area contributed by atoms with Gasteiger partial charge in [0.1, 0.15) is 5.82 Å². The molecule has 2 aromatic carbocycles. The Morgan fingerprint density at radius 3 is 2.10 bits per heavy atom. The lowest BCUT2D eigenvalue weighted by Crippen LogP contribution is -2.50. The summed E-state index contributed by atoms with van der Waals surface area (Å²) in [6, 6.07) is 13.1. The van der Waals surface area contributed by atoms with E-state index >= 15 is 0 Å². The molecule has 0 aromatic heterocycles. The van der Waals surface area contributed by atoms with Crippen LogP contribution >= 0.6 is 0 Å². The van der Waals surface area contributed by atoms with Crippen LogP contribution in [0.5, 0.6) is 0 Å². The molecule has 6 nitrogen and oxygen atoms in total. The smallest absolute Gasteiger partial charge is 0.243 e. The summed E-state index contributed by atoms with van der Waals surface area (Å²) < 4.78 is 40.3. The maximum absolute atomic E-state index is 13.0. The van der Waals surface area contributed by atoms with Gasteiger partial charge < -0.3 is 5.32 Å². The van der Waals surface area contributed by atoms with Crippen molar-refractivity contribution in [1.82, 2.24) is 14.5 Å². The number of piperazine rings is 1. The van der Waals surface area contributed by atoms with Gasteiger partial charge in [-0.2, -0.15) is 4.31 Å². The molecule has 0 bridgehead atoms. The van der Waals surface area contributed by atoms with E-state index in [9.17, 15) is 17.6 Å². The number of hydrogen-bond donors (Lipinski definition) is 1. The SMILES string of the molecule is CC(C)(C)c1ccc(S(=O)(=O)N2CCN(CC(=O)NCc3ccc(F)cc3)CC2)cc1. The van der Waals surface area contributed by atoms with Crippen LogP contribution in [-0.2, 0) is 26.8 Å². The van der Waals surface area contributed by atoms with Crippen LogP contribution in [0.3, 0.4) is 0 Å². The molecule has 1 N–H and O–H groups in total. The number of sulfonamides is 1. The average Bonchev–Trinajstić information content (AvgIpc) is 2.73. The molecule has 1 aliphatic rings. The van der Waals surface area contributed by atoms with Crippen molar-refractivity contribution in [3.05, 3.63) is 65.5 Å². The first-order valence-corrected chi connectivity index (χ1v) is 11.8. The number of halogens is 1. The van der Waals surface area contributed by atoms with E-state index in [0.29, 0.717) is 37.6 Å². The van der Waals surface area contributed by atoms with Crippen molar-refractivity contribution in [2.45, 2.75) is 37.6 Å². The van der Waals surface area contributed by atoms with Gasteiger partial charge in [-0.25, -0.2) is 12.8 Å². The standard InChI is InChI=1S/C23H30FN3O3S/c1-23(2,3)19-6-10-21(11-7-19)31(29,30)27-14-12-26(13-15-27)17-22(28)25-16-18-4-8-20(24)9-5-18/h4-11H,12-17H2,1-3H3,(H,25,28). The number of nitrogens with zero attached hydrogens (tertiary/aromatic N) is 2. The molecular weight excluding hydrogens is 417 g/mol. The topological polar surface area (TPSA) is 69.7 Å². The number of nitrogens with one attached hydrogen (secondary N) is 1. The zero-order valence-electron chi connectivity index (χ0n) is 18.3. The molecule has 2 aromatic rings. The summed E-state index contributed by atoms with van der Waals surface area (Å²) in [6.45, 7) is 8.46. The molecule has 1 saturated heterocycles. The minimum Gasteiger partial charge on any atom is -0.351 e. The van der Waals surface area contributed by atoms with Crippen molar-refractivity contribution in [2.24, 2.45) is 0 Å². The predicted octanol–water partition coefficient (Wildman–Crippen LogP) is 2.75. The summed E-state index contributed by atoms with van der Waals surface area (Å²) in [7, 11) is -3.55. The first-order valence-electron chi connectivity index (χ1n) is 10.4. The minimum absolute atomic E-state index is 0.0365. The first-order chi connectivity index (χ1) is 14.6. The number of hydrogen-bond acceptors (Lipinski definition) is 4. The highest BCUT2D eigenvalue weighted by molar-refractivity contribution is 7.89. The van der Waals surface area contributed by atoms with Gasteiger partial charge in [-0.05, 0) is 40.8 Å². The third-order valence-electron chi connectivity index (χ3n) is 5.46. The first kappa shape index (κ1) is 23.4. The van der Waals surface area contributed by atoms with Gasteiger partial charge >= 0.3 is 0 Å². The number of amides is 1. The van der Waals surface area contributed by atoms with Crippen molar-refractivity contribution in [3.8, 4) is 0 Å². The van der Waals surface area contributed by atoms with Crippen molar-refractivity contribution < 1.29 is 17.6 Å². The van der Waals surface area contributed by atoms with E-state index < -0.39 is 10.0 Å². The fourth-order valence-electron chi connectivity index (χ4n) is 3.47. The van der Waals surface area contributed by atoms with Crippen molar-refractivity contribution in [1.29, 1.82) is 0 Å². The highest BCUT2D eigenvalue weighted by atomic mass is 32.2. The molecule has 0 saturated carbocycles. The van der Waals surface area contributed by atoms with E-state index in [4.69, 9.17) is 0 Å². The van der Waals surface area contributed by atoms with Gasteiger partial charge in [0.05, 0.1) is 11.4 Å². The molecule has 0 aliphatic carbocycles. The zero-order chi connectivity index (χ0) is 22.6. The Morgan fingerprint density at radius 2 is 1.55 bits per heavy atom. The van der Waals surface area contributed by atoms with Crippen LogP contribution < -0.4 is 5.32 Å². The third-order valence-corrected chi connectivity index (χ3v) is 7.37. The van der Waals surface area contributed by atoms with E-state index in [-0.39, 0.29) is 23.7 Å². The largest absolute Gasteiger partial charge is 0.351 e. The van der Waals surface area contributed by atoms with Crippen molar-refractivity contribution in [2.75, 3.05) is 32.7 Å². The molecule has 0 radical (unpaired) electrons. The highest BCUT2D eigenvalue weighted by Gasteiger charge is 2.29. The molecule has 3 rings (SSSR count). The second-order valence-corrected chi connectivity index (χ2v) is 10.8. The maximum Gasteiger partial charge on any atom is 0.243 e. The Hall–Kier alpha value is -2.29. The van der Waals surface area contributed by atoms with Gasteiger partial charge in [0.25, 0.3) is 0 Å². The summed E-state index contributed by atoms with van der Waals surface area (Å²) in [5, 5.41) is 2.82. The molecule has 8 heteroatoms. The number of carbonyl (C=O) groups is 1. The molecule has 0 unspecified atom stereocenters. The van der Waals surface area contributed by atoms with Gasteiger partial charge in [-0.15, -0.1) is 0 Å². The van der Waals surface area contributed by atoms with Gasteiger partial charge in [0, 0.05) is 32.7 Å². The Morgan fingerprint density at radius 1 is 0.968 bits per heavy atom. The minimum atomic E-state index is -3.55. The van der Waals surface area contributed by atoms with Crippen LogP contribution in [0.1, 0.15) is 31.9 Å². The Bertz CT molecular complexity index is 992. The van der Waals surface area contributed by atoms with Crippen LogP contribution in [0, 0.1) is 5.82 Å². The summed E-state index contributed by atoms with van der Waals surface area (Å²) in [5.41, 5.74) is 1.87. The number of carbonyl (C=O) groups excluding carboxylic acids is 1. The summed E-state index contributed by atoms with van der Waals surface area (Å²) in [5.74, 6) is -0.452. The summed E-state index contributed by atoms with van der Waals surface area (Å²) in [6.07, 6.45) is 0. The Kier molecular flexibility index (Phi) is 7.13. The fraction of sp³-hybridized carbons (Fsp3) is 0.435. The lowest BCUT2D eigenvalue weighted by Gasteiger charge is -2.33. The zero-order valence-corrected chi connectivity index (χ0v) is 19.1. The molecule has 0 atom stereocenters. The quantitative estimate of drug-likeness (QED) is 0.739. The van der Waals surface area contributed by atoms with Crippen LogP contribution in [-0.4, -0.2) is 56.3 Å². The average molecular weight is 448 g/mol. The molecular formula is C23H30FN3O3S. The molecule has 1 amide bonds. The Labute approximate surface area is 184 Å². The Balaban J connectivity index is 1.50. The van der Waals surface area contributed by atoms with Gasteiger partial charge in [-0.1, -0.05) is 45.0 Å². The monoisotopic (exact) mass is 447 g/mol. The third kappa shape index (κ3) is 6.12. The van der Waals surface area contributed by atoms with E-state index in [1.807, 2.05) is 17.0 Å². The summed E-state index contributed by atoms with van der Waals surface area (Å²) in [4.78, 5) is 14.4. The maximum atomic E-state index is 13.0. The predicted molar refractivity (Wildman–Crippen MR) is 119 cm³/mol. The van der Waals surface area contributed by atoms with Crippen LogP contribution in [0.25, 0.3) is 0 Å². The second kappa shape index (κ2) is 9.46. The lowest BCUT2D eigenvalue weighted by atomic mass is 9.87. The number of benzene rings is 2. The van der Waals surface area contributed by atoms with Gasteiger partial charge in [0.15, 0.2) is 0 Å². The van der Waals surface area contributed by atoms with Gasteiger partial charge in [0.2, 0.25) is 15.9 Å². The lowest BCUT2D eigenvalue weighted by molar-refractivity contribution is -0.122.